The maximum absolute atomic E-state index is 12.6. The van der Waals surface area contributed by atoms with Gasteiger partial charge in [-0.05, 0) is 44.7 Å². The Labute approximate surface area is 111 Å². The molecular weight excluding hydrogens is 224 g/mol. The molecule has 0 radical (unpaired) electrons. The zero-order valence-electron chi connectivity index (χ0n) is 12.0. The average molecular weight is 252 g/mol. The first-order valence-corrected chi connectivity index (χ1v) is 7.66. The lowest BCUT2D eigenvalue weighted by atomic mass is 9.85. The Hall–Kier alpha value is -0.570. The molecule has 1 aliphatic carbocycles. The number of nitrogens with zero attached hydrogens (tertiary/aromatic N) is 1. The molecule has 2 rings (SSSR count). The minimum Gasteiger partial charge on any atom is -0.342 e. The van der Waals surface area contributed by atoms with E-state index in [0.717, 1.165) is 44.9 Å². The van der Waals surface area contributed by atoms with Crippen molar-refractivity contribution in [2.75, 3.05) is 26.2 Å². The van der Waals surface area contributed by atoms with Crippen molar-refractivity contribution in [3.63, 3.8) is 0 Å². The lowest BCUT2D eigenvalue weighted by Crippen LogP contribution is -2.46. The number of hydrogen-bond acceptors (Lipinski definition) is 2. The lowest BCUT2D eigenvalue weighted by Gasteiger charge is -2.37. The van der Waals surface area contributed by atoms with Crippen LogP contribution in [-0.2, 0) is 4.79 Å². The Balaban J connectivity index is 1.80. The van der Waals surface area contributed by atoms with Crippen LogP contribution < -0.4 is 5.32 Å². The third kappa shape index (κ3) is 3.05. The van der Waals surface area contributed by atoms with E-state index in [9.17, 15) is 4.79 Å². The summed E-state index contributed by atoms with van der Waals surface area (Å²) < 4.78 is 0. The maximum atomic E-state index is 12.6. The normalized spacial score (nSPS) is 24.4. The van der Waals surface area contributed by atoms with Crippen LogP contribution in [0.1, 0.15) is 52.4 Å². The highest BCUT2D eigenvalue weighted by molar-refractivity contribution is 5.82. The average Bonchev–Trinajstić information content (AvgIpc) is 2.84. The van der Waals surface area contributed by atoms with E-state index in [1.807, 2.05) is 0 Å². The van der Waals surface area contributed by atoms with Crippen molar-refractivity contribution in [1.29, 1.82) is 0 Å². The van der Waals surface area contributed by atoms with E-state index in [0.29, 0.717) is 5.91 Å². The summed E-state index contributed by atoms with van der Waals surface area (Å²) in [4.78, 5) is 14.7. The molecule has 18 heavy (non-hydrogen) atoms. The molecule has 104 valence electrons. The molecule has 0 unspecified atom stereocenters. The monoisotopic (exact) mass is 252 g/mol. The number of likely N-dealkylation sites (tertiary alicyclic amines) is 1. The van der Waals surface area contributed by atoms with Crippen molar-refractivity contribution in [2.45, 2.75) is 52.4 Å². The molecule has 1 saturated carbocycles. The fourth-order valence-electron chi connectivity index (χ4n) is 3.44. The molecule has 1 saturated heterocycles. The van der Waals surface area contributed by atoms with Gasteiger partial charge in [0.2, 0.25) is 5.91 Å². The standard InChI is InChI=1S/C15H28N2O/c1-3-16-12-13-6-10-17(11-7-13)14(18)15(2)8-4-5-9-15/h13,16H,3-12H2,1-2H3. The van der Waals surface area contributed by atoms with E-state index in [4.69, 9.17) is 0 Å². The third-order valence-corrected chi connectivity index (χ3v) is 4.81. The first kappa shape index (κ1) is 13.9. The molecule has 1 aliphatic heterocycles. The number of carbonyl (C=O) groups excluding carboxylic acids is 1. The second kappa shape index (κ2) is 6.05. The van der Waals surface area contributed by atoms with Crippen LogP contribution in [0.5, 0.6) is 0 Å². The van der Waals surface area contributed by atoms with Crippen molar-refractivity contribution in [3.8, 4) is 0 Å². The van der Waals surface area contributed by atoms with Crippen molar-refractivity contribution in [2.24, 2.45) is 11.3 Å². The molecule has 0 aromatic carbocycles. The second-order valence-electron chi connectivity index (χ2n) is 6.31. The van der Waals surface area contributed by atoms with Crippen LogP contribution in [0.15, 0.2) is 0 Å². The predicted octanol–water partition coefficient (Wildman–Crippen LogP) is 2.41. The summed E-state index contributed by atoms with van der Waals surface area (Å²) >= 11 is 0. The van der Waals surface area contributed by atoms with Crippen molar-refractivity contribution < 1.29 is 4.79 Å². The first-order chi connectivity index (χ1) is 8.65. The van der Waals surface area contributed by atoms with Crippen LogP contribution >= 0.6 is 0 Å². The molecule has 1 amide bonds. The summed E-state index contributed by atoms with van der Waals surface area (Å²) in [6, 6.07) is 0. The Morgan fingerprint density at radius 2 is 1.89 bits per heavy atom. The van der Waals surface area contributed by atoms with Gasteiger partial charge in [-0.25, -0.2) is 0 Å². The van der Waals surface area contributed by atoms with Gasteiger partial charge in [-0.15, -0.1) is 0 Å². The van der Waals surface area contributed by atoms with Crippen LogP contribution in [0.25, 0.3) is 0 Å². The number of hydrogen-bond donors (Lipinski definition) is 1. The quantitative estimate of drug-likeness (QED) is 0.833. The van der Waals surface area contributed by atoms with Crippen LogP contribution in [0, 0.1) is 11.3 Å². The van der Waals surface area contributed by atoms with Gasteiger partial charge in [0.25, 0.3) is 0 Å². The van der Waals surface area contributed by atoms with Crippen LogP contribution in [0.3, 0.4) is 0 Å². The zero-order chi connectivity index (χ0) is 13.0. The first-order valence-electron chi connectivity index (χ1n) is 7.66. The lowest BCUT2D eigenvalue weighted by molar-refractivity contribution is -0.142. The number of rotatable bonds is 4. The van der Waals surface area contributed by atoms with Gasteiger partial charge in [0, 0.05) is 18.5 Å². The minimum absolute atomic E-state index is 0.0332. The summed E-state index contributed by atoms with van der Waals surface area (Å²) in [5.41, 5.74) is -0.0332. The predicted molar refractivity (Wildman–Crippen MR) is 74.4 cm³/mol. The minimum atomic E-state index is -0.0332. The Morgan fingerprint density at radius 1 is 1.28 bits per heavy atom. The molecule has 3 nitrogen and oxygen atoms in total. The number of nitrogens with one attached hydrogen (secondary N) is 1. The largest absolute Gasteiger partial charge is 0.342 e. The summed E-state index contributed by atoms with van der Waals surface area (Å²) in [7, 11) is 0. The number of piperidine rings is 1. The second-order valence-corrected chi connectivity index (χ2v) is 6.31. The highest BCUT2D eigenvalue weighted by atomic mass is 16.2. The van der Waals surface area contributed by atoms with Gasteiger partial charge in [0.1, 0.15) is 0 Å². The number of carbonyl (C=O) groups is 1. The van der Waals surface area contributed by atoms with Crippen molar-refractivity contribution in [3.05, 3.63) is 0 Å². The fourth-order valence-corrected chi connectivity index (χ4v) is 3.44. The number of amides is 1. The molecule has 2 aliphatic rings. The summed E-state index contributed by atoms with van der Waals surface area (Å²) in [5, 5.41) is 3.42. The highest BCUT2D eigenvalue weighted by Crippen LogP contribution is 2.39. The molecule has 1 heterocycles. The van der Waals surface area contributed by atoms with E-state index in [2.05, 4.69) is 24.1 Å². The summed E-state index contributed by atoms with van der Waals surface area (Å²) in [6.07, 6.45) is 7.02. The van der Waals surface area contributed by atoms with E-state index in [-0.39, 0.29) is 5.41 Å². The Morgan fingerprint density at radius 3 is 2.44 bits per heavy atom. The van der Waals surface area contributed by atoms with Gasteiger partial charge in [-0.3, -0.25) is 4.79 Å². The van der Waals surface area contributed by atoms with Gasteiger partial charge in [-0.1, -0.05) is 26.7 Å². The Kier molecular flexibility index (Phi) is 4.66. The molecular formula is C15H28N2O. The molecule has 0 aromatic heterocycles. The van der Waals surface area contributed by atoms with Crippen LogP contribution in [0.2, 0.25) is 0 Å². The molecule has 3 heteroatoms. The van der Waals surface area contributed by atoms with Gasteiger partial charge in [0.05, 0.1) is 0 Å². The molecule has 0 bridgehead atoms. The van der Waals surface area contributed by atoms with E-state index in [1.165, 1.54) is 25.7 Å². The molecule has 0 aromatic rings. The zero-order valence-corrected chi connectivity index (χ0v) is 12.0. The van der Waals surface area contributed by atoms with Gasteiger partial charge in [0.15, 0.2) is 0 Å². The third-order valence-electron chi connectivity index (χ3n) is 4.81. The van der Waals surface area contributed by atoms with Crippen molar-refractivity contribution in [1.82, 2.24) is 10.2 Å². The SMILES string of the molecule is CCNCC1CCN(C(=O)C2(C)CCCC2)CC1. The van der Waals surface area contributed by atoms with E-state index < -0.39 is 0 Å². The summed E-state index contributed by atoms with van der Waals surface area (Å²) in [6.45, 7) is 8.45. The van der Waals surface area contributed by atoms with E-state index >= 15 is 0 Å². The molecule has 1 N–H and O–H groups in total. The molecule has 0 atom stereocenters. The van der Waals surface area contributed by atoms with Crippen LogP contribution in [0.4, 0.5) is 0 Å². The van der Waals surface area contributed by atoms with Crippen LogP contribution in [-0.4, -0.2) is 37.0 Å². The smallest absolute Gasteiger partial charge is 0.228 e. The molecule has 2 fully saturated rings. The molecule has 0 spiro atoms. The van der Waals surface area contributed by atoms with Crippen molar-refractivity contribution >= 4 is 5.91 Å². The fraction of sp³-hybridized carbons (Fsp3) is 0.933. The topological polar surface area (TPSA) is 32.3 Å². The summed E-state index contributed by atoms with van der Waals surface area (Å²) in [5.74, 6) is 1.20. The van der Waals surface area contributed by atoms with Gasteiger partial charge in [-0.2, -0.15) is 0 Å². The maximum Gasteiger partial charge on any atom is 0.228 e. The Bertz CT molecular complexity index is 276. The van der Waals surface area contributed by atoms with E-state index in [1.54, 1.807) is 0 Å². The van der Waals surface area contributed by atoms with Gasteiger partial charge >= 0.3 is 0 Å². The van der Waals surface area contributed by atoms with Gasteiger partial charge < -0.3 is 10.2 Å². The highest BCUT2D eigenvalue weighted by Gasteiger charge is 2.39.